The highest BCUT2D eigenvalue weighted by atomic mass is 32.1. The quantitative estimate of drug-likeness (QED) is 0.185. The fourth-order valence-corrected chi connectivity index (χ4v) is 6.15. The van der Waals surface area contributed by atoms with Crippen molar-refractivity contribution in [2.24, 2.45) is 0 Å². The van der Waals surface area contributed by atoms with E-state index in [2.05, 4.69) is 14.7 Å². The van der Waals surface area contributed by atoms with Gasteiger partial charge >= 0.3 is 11.9 Å². The van der Waals surface area contributed by atoms with E-state index in [1.54, 1.807) is 48.5 Å². The fourth-order valence-electron chi connectivity index (χ4n) is 4.98. The molecule has 0 amide bonds. The lowest BCUT2D eigenvalue weighted by Gasteiger charge is -2.13. The van der Waals surface area contributed by atoms with Gasteiger partial charge < -0.3 is 9.63 Å². The second-order valence-corrected chi connectivity index (χ2v) is 11.2. The van der Waals surface area contributed by atoms with Crippen LogP contribution in [0.15, 0.2) is 93.0 Å². The van der Waals surface area contributed by atoms with Gasteiger partial charge in [-0.1, -0.05) is 68.1 Å². The van der Waals surface area contributed by atoms with Crippen LogP contribution in [0.4, 0.5) is 17.6 Å². The Morgan fingerprint density at radius 1 is 0.889 bits per heavy atom. The lowest BCUT2D eigenvalue weighted by atomic mass is 9.98. The van der Waals surface area contributed by atoms with Crippen molar-refractivity contribution in [1.82, 2.24) is 19.3 Å². The van der Waals surface area contributed by atoms with Crippen LogP contribution in [0.2, 0.25) is 0 Å². The van der Waals surface area contributed by atoms with E-state index in [1.165, 1.54) is 22.8 Å². The first-order valence-corrected chi connectivity index (χ1v) is 14.1. The number of hydrogen-bond acceptors (Lipinski definition) is 7. The van der Waals surface area contributed by atoms with Gasteiger partial charge in [0.15, 0.2) is 11.9 Å². The third-order valence-electron chi connectivity index (χ3n) is 7.04. The van der Waals surface area contributed by atoms with Crippen molar-refractivity contribution >= 4 is 21.6 Å². The molecule has 0 saturated heterocycles. The lowest BCUT2D eigenvalue weighted by molar-refractivity contribution is -0.303. The summed E-state index contributed by atoms with van der Waals surface area (Å²) in [6.07, 6.45) is -6.29. The van der Waals surface area contributed by atoms with Gasteiger partial charge in [-0.15, -0.1) is 11.3 Å². The molecule has 0 N–H and O–H groups in total. The summed E-state index contributed by atoms with van der Waals surface area (Å²) in [5.41, 5.74) is 2.07. The van der Waals surface area contributed by atoms with Gasteiger partial charge in [-0.3, -0.25) is 13.9 Å². The molecule has 6 aromatic rings. The molecule has 0 saturated carbocycles. The van der Waals surface area contributed by atoms with Crippen LogP contribution in [-0.4, -0.2) is 25.5 Å². The molecule has 8 nitrogen and oxygen atoms in total. The zero-order valence-corrected chi connectivity index (χ0v) is 23.5. The predicted octanol–water partition coefficient (Wildman–Crippen LogP) is 6.19. The van der Waals surface area contributed by atoms with Gasteiger partial charge in [0.1, 0.15) is 10.6 Å². The van der Waals surface area contributed by atoms with Crippen molar-refractivity contribution < 1.29 is 27.2 Å². The summed E-state index contributed by atoms with van der Waals surface area (Å²) in [4.78, 5) is 30.9. The standard InChI is InChI=1S/C31H22F4N4O4S.CH4/c32-21-11-7-18(8-12-21)13-14-38-27(40)25-15-22(16-31(33,34)35)44-28(25)39(30(38)42)17-19-5-9-20(10-6-19)23-3-1-2-4-24(23)26-36-29(41)43-37-26;/h1-12,15H,13-14,16-17H2,(H,36,37,41);1H4/p-1. The summed E-state index contributed by atoms with van der Waals surface area (Å²) in [5, 5.41) is 15.2. The first-order valence-electron chi connectivity index (χ1n) is 13.3. The van der Waals surface area contributed by atoms with Crippen LogP contribution in [0, 0.1) is 5.82 Å². The summed E-state index contributed by atoms with van der Waals surface area (Å²) in [5.74, 6) is -0.287. The van der Waals surface area contributed by atoms with Crippen molar-refractivity contribution in [1.29, 1.82) is 0 Å². The Kier molecular flexibility index (Phi) is 8.73. The third kappa shape index (κ3) is 6.73. The van der Waals surface area contributed by atoms with Crippen LogP contribution >= 0.6 is 11.3 Å². The van der Waals surface area contributed by atoms with Crippen LogP contribution in [0.1, 0.15) is 23.4 Å². The molecule has 0 radical (unpaired) electrons. The number of fused-ring (bicyclic) bond motifs is 1. The van der Waals surface area contributed by atoms with Gasteiger partial charge in [0.2, 0.25) is 0 Å². The molecule has 0 aliphatic heterocycles. The van der Waals surface area contributed by atoms with E-state index in [1.807, 2.05) is 12.1 Å². The first kappa shape index (κ1) is 31.4. The lowest BCUT2D eigenvalue weighted by Crippen LogP contribution is -2.40. The van der Waals surface area contributed by atoms with E-state index in [4.69, 9.17) is 0 Å². The number of benzene rings is 3. The van der Waals surface area contributed by atoms with Crippen molar-refractivity contribution in [3.05, 3.63) is 122 Å². The molecule has 232 valence electrons. The number of aromatic nitrogens is 4. The molecule has 0 atom stereocenters. The maximum absolute atomic E-state index is 13.7. The third-order valence-corrected chi connectivity index (χ3v) is 8.20. The van der Waals surface area contributed by atoms with Crippen LogP contribution in [0.25, 0.3) is 32.7 Å². The minimum absolute atomic E-state index is 0. The van der Waals surface area contributed by atoms with Gasteiger partial charge in [-0.05, 0) is 46.9 Å². The highest BCUT2D eigenvalue weighted by molar-refractivity contribution is 7.18. The second-order valence-electron chi connectivity index (χ2n) is 10.1. The largest absolute Gasteiger partial charge is 0.528 e. The van der Waals surface area contributed by atoms with E-state index in [9.17, 15) is 32.3 Å². The summed E-state index contributed by atoms with van der Waals surface area (Å²) in [6, 6.07) is 21.1. The van der Waals surface area contributed by atoms with Gasteiger partial charge in [0.05, 0.1) is 18.4 Å². The number of hydrogen-bond donors (Lipinski definition) is 0. The smallest absolute Gasteiger partial charge is 0.393 e. The molecular weight excluding hydrogens is 612 g/mol. The van der Waals surface area contributed by atoms with Gasteiger partial charge in [0, 0.05) is 17.0 Å². The van der Waals surface area contributed by atoms with E-state index in [0.717, 1.165) is 27.0 Å². The second kappa shape index (κ2) is 12.5. The molecule has 3 aromatic carbocycles. The Labute approximate surface area is 257 Å². The molecule has 3 heterocycles. The molecule has 0 aliphatic rings. The first-order chi connectivity index (χ1) is 21.1. The molecule has 0 bridgehead atoms. The van der Waals surface area contributed by atoms with Crippen molar-refractivity contribution in [3.8, 4) is 28.6 Å². The minimum Gasteiger partial charge on any atom is -0.528 e. The maximum atomic E-state index is 13.7. The molecule has 0 aliphatic carbocycles. The normalized spacial score (nSPS) is 11.6. The Balaban J connectivity index is 0.00000400. The topological polar surface area (TPSA) is 106 Å². The van der Waals surface area contributed by atoms with Crippen LogP contribution in [-0.2, 0) is 25.9 Å². The Hall–Kier alpha value is -5.04. The molecule has 13 heteroatoms. The van der Waals surface area contributed by atoms with Gasteiger partial charge in [-0.2, -0.15) is 18.3 Å². The Morgan fingerprint density at radius 3 is 2.20 bits per heavy atom. The van der Waals surface area contributed by atoms with Crippen LogP contribution in [0.5, 0.6) is 6.08 Å². The minimum atomic E-state index is -4.49. The van der Waals surface area contributed by atoms with E-state index in [0.29, 0.717) is 16.7 Å². The fraction of sp³-hybridized carbons (Fsp3) is 0.188. The van der Waals surface area contributed by atoms with E-state index < -0.39 is 35.7 Å². The van der Waals surface area contributed by atoms with Crippen molar-refractivity contribution in [3.63, 3.8) is 0 Å². The number of halogens is 4. The monoisotopic (exact) mass is 637 g/mol. The van der Waals surface area contributed by atoms with Crippen LogP contribution in [0.3, 0.4) is 0 Å². The zero-order chi connectivity index (χ0) is 31.0. The summed E-state index contributed by atoms with van der Waals surface area (Å²) >= 11 is 0.764. The molecule has 0 unspecified atom stereocenters. The van der Waals surface area contributed by atoms with Gasteiger partial charge in [-0.25, -0.2) is 14.2 Å². The summed E-state index contributed by atoms with van der Waals surface area (Å²) in [6.45, 7) is -0.0506. The van der Waals surface area contributed by atoms with Crippen molar-refractivity contribution in [2.45, 2.75) is 39.5 Å². The van der Waals surface area contributed by atoms with E-state index >= 15 is 0 Å². The highest BCUT2D eigenvalue weighted by Gasteiger charge is 2.29. The molecule has 6 rings (SSSR count). The predicted molar refractivity (Wildman–Crippen MR) is 161 cm³/mol. The summed E-state index contributed by atoms with van der Waals surface area (Å²) in [7, 11) is 0. The number of nitrogens with zero attached hydrogens (tertiary/aromatic N) is 4. The zero-order valence-electron chi connectivity index (χ0n) is 22.7. The Bertz CT molecular complexity index is 2080. The molecule has 45 heavy (non-hydrogen) atoms. The highest BCUT2D eigenvalue weighted by Crippen LogP contribution is 2.32. The average Bonchev–Trinajstić information content (AvgIpc) is 3.62. The average molecular weight is 638 g/mol. The van der Waals surface area contributed by atoms with Crippen LogP contribution < -0.4 is 16.4 Å². The summed E-state index contributed by atoms with van der Waals surface area (Å²) < 4.78 is 59.9. The number of thiophene rings is 1. The number of rotatable bonds is 8. The molecule has 3 aromatic heterocycles. The number of aryl methyl sites for hydroxylation is 1. The maximum Gasteiger partial charge on any atom is 0.393 e. The van der Waals surface area contributed by atoms with Gasteiger partial charge in [0.25, 0.3) is 5.56 Å². The Morgan fingerprint density at radius 2 is 1.56 bits per heavy atom. The molecule has 0 fully saturated rings. The van der Waals surface area contributed by atoms with Crippen molar-refractivity contribution in [2.75, 3.05) is 0 Å². The van der Waals surface area contributed by atoms with E-state index in [-0.39, 0.29) is 47.9 Å². The SMILES string of the molecule is C.O=c1c2cc(CC(F)(F)F)sc2n(Cc2ccc(-c3ccccc3-c3noc([O-])n3)cc2)c(=O)n1CCc1ccc(F)cc1. The number of alkyl halides is 3. The molecular formula is C32H25F4N4O4S-. The molecule has 0 spiro atoms.